The molecule has 26 heavy (non-hydrogen) atoms. The minimum atomic E-state index is 0.122. The van der Waals surface area contributed by atoms with Crippen LogP contribution in [0.1, 0.15) is 20.8 Å². The van der Waals surface area contributed by atoms with E-state index in [1.165, 1.54) is 0 Å². The van der Waals surface area contributed by atoms with E-state index in [1.807, 2.05) is 53.2 Å². The standard InChI is InChI=1S/C20H19BrN4O/c1-20(2,3)12-25-15-9-10-16(18(21)19(15)23-24-25)26-17-11-8-13-6-4-5-7-14(13)22-17/h4-11H,12H2,1-3H3. The highest BCUT2D eigenvalue weighted by molar-refractivity contribution is 9.10. The molecule has 6 heteroatoms. The lowest BCUT2D eigenvalue weighted by molar-refractivity contribution is 0.327. The minimum absolute atomic E-state index is 0.122. The van der Waals surface area contributed by atoms with E-state index in [0.717, 1.165) is 33.0 Å². The van der Waals surface area contributed by atoms with Gasteiger partial charge in [0.2, 0.25) is 5.88 Å². The van der Waals surface area contributed by atoms with Crippen LogP contribution in [0.3, 0.4) is 0 Å². The first-order valence-electron chi connectivity index (χ1n) is 8.46. The number of benzene rings is 2. The van der Waals surface area contributed by atoms with Crippen LogP contribution in [0, 0.1) is 5.41 Å². The molecule has 2 aromatic carbocycles. The van der Waals surface area contributed by atoms with Gasteiger partial charge >= 0.3 is 0 Å². The summed E-state index contributed by atoms with van der Waals surface area (Å²) >= 11 is 3.61. The molecule has 0 N–H and O–H groups in total. The number of para-hydroxylation sites is 1. The Hall–Kier alpha value is -2.47. The first-order valence-corrected chi connectivity index (χ1v) is 9.25. The maximum atomic E-state index is 6.00. The van der Waals surface area contributed by atoms with Crippen molar-refractivity contribution in [1.29, 1.82) is 0 Å². The molecule has 132 valence electrons. The Morgan fingerprint density at radius 2 is 1.85 bits per heavy atom. The Labute approximate surface area is 160 Å². The van der Waals surface area contributed by atoms with Gasteiger partial charge in [0.1, 0.15) is 11.3 Å². The predicted octanol–water partition coefficient (Wildman–Crippen LogP) is 5.58. The second kappa shape index (κ2) is 6.36. The fourth-order valence-electron chi connectivity index (χ4n) is 2.85. The molecule has 0 unspecified atom stereocenters. The van der Waals surface area contributed by atoms with Gasteiger partial charge in [-0.2, -0.15) is 0 Å². The molecule has 0 bridgehead atoms. The predicted molar refractivity (Wildman–Crippen MR) is 107 cm³/mol. The van der Waals surface area contributed by atoms with Gasteiger partial charge in [-0.05, 0) is 45.6 Å². The summed E-state index contributed by atoms with van der Waals surface area (Å²) in [6.07, 6.45) is 0. The van der Waals surface area contributed by atoms with E-state index in [-0.39, 0.29) is 5.41 Å². The fourth-order valence-corrected chi connectivity index (χ4v) is 3.34. The van der Waals surface area contributed by atoms with Crippen molar-refractivity contribution in [2.24, 2.45) is 5.41 Å². The number of nitrogens with zero attached hydrogens (tertiary/aromatic N) is 4. The molecule has 4 rings (SSSR count). The molecule has 0 amide bonds. The van der Waals surface area contributed by atoms with Gasteiger partial charge in [0.15, 0.2) is 0 Å². The zero-order valence-electron chi connectivity index (χ0n) is 14.9. The topological polar surface area (TPSA) is 52.8 Å². The molecule has 0 aliphatic rings. The zero-order chi connectivity index (χ0) is 18.3. The molecule has 0 radical (unpaired) electrons. The molecule has 0 aliphatic carbocycles. The smallest absolute Gasteiger partial charge is 0.219 e. The van der Waals surface area contributed by atoms with E-state index in [2.05, 4.69) is 52.0 Å². The van der Waals surface area contributed by atoms with Gasteiger partial charge in [0, 0.05) is 18.0 Å². The van der Waals surface area contributed by atoms with Crippen LogP contribution >= 0.6 is 15.9 Å². The number of fused-ring (bicyclic) bond motifs is 2. The summed E-state index contributed by atoms with van der Waals surface area (Å²) in [6, 6.07) is 15.7. The number of aromatic nitrogens is 4. The van der Waals surface area contributed by atoms with Crippen LogP contribution in [0.15, 0.2) is 53.0 Å². The number of halogens is 1. The zero-order valence-corrected chi connectivity index (χ0v) is 16.5. The van der Waals surface area contributed by atoms with Crippen molar-refractivity contribution in [1.82, 2.24) is 20.0 Å². The van der Waals surface area contributed by atoms with Crippen molar-refractivity contribution in [2.45, 2.75) is 27.3 Å². The molecule has 0 aliphatic heterocycles. The monoisotopic (exact) mass is 410 g/mol. The summed E-state index contributed by atoms with van der Waals surface area (Å²) in [5, 5.41) is 9.70. The molecular weight excluding hydrogens is 392 g/mol. The summed E-state index contributed by atoms with van der Waals surface area (Å²) in [6.45, 7) is 7.33. The normalized spacial score (nSPS) is 12.0. The largest absolute Gasteiger partial charge is 0.438 e. The second-order valence-electron chi connectivity index (χ2n) is 7.50. The molecule has 0 saturated carbocycles. The number of pyridine rings is 1. The van der Waals surface area contributed by atoms with E-state index < -0.39 is 0 Å². The van der Waals surface area contributed by atoms with Crippen LogP contribution in [0.4, 0.5) is 0 Å². The number of hydrogen-bond acceptors (Lipinski definition) is 4. The maximum absolute atomic E-state index is 6.00. The molecule has 4 aromatic rings. The Morgan fingerprint density at radius 1 is 1.04 bits per heavy atom. The van der Waals surface area contributed by atoms with Gasteiger partial charge < -0.3 is 4.74 Å². The third-order valence-corrected chi connectivity index (χ3v) is 4.77. The third kappa shape index (κ3) is 3.29. The van der Waals surface area contributed by atoms with Gasteiger partial charge in [-0.1, -0.05) is 44.2 Å². The highest BCUT2D eigenvalue weighted by Gasteiger charge is 2.18. The fraction of sp³-hybridized carbons (Fsp3) is 0.250. The van der Waals surface area contributed by atoms with Crippen LogP contribution in [0.25, 0.3) is 21.9 Å². The lowest BCUT2D eigenvalue weighted by atomic mass is 9.97. The first kappa shape index (κ1) is 17.0. The van der Waals surface area contributed by atoms with Crippen molar-refractivity contribution >= 4 is 37.9 Å². The van der Waals surface area contributed by atoms with Crippen LogP contribution in [-0.4, -0.2) is 20.0 Å². The minimum Gasteiger partial charge on any atom is -0.438 e. The molecule has 0 atom stereocenters. The number of ether oxygens (including phenoxy) is 1. The highest BCUT2D eigenvalue weighted by Crippen LogP contribution is 2.35. The summed E-state index contributed by atoms with van der Waals surface area (Å²) in [7, 11) is 0. The highest BCUT2D eigenvalue weighted by atomic mass is 79.9. The SMILES string of the molecule is CC(C)(C)Cn1nnc2c(Br)c(Oc3ccc4ccccc4n3)ccc21. The summed E-state index contributed by atoms with van der Waals surface area (Å²) in [5.74, 6) is 1.22. The van der Waals surface area contributed by atoms with Crippen LogP contribution in [0.2, 0.25) is 0 Å². The Balaban J connectivity index is 1.69. The molecule has 0 fully saturated rings. The lowest BCUT2D eigenvalue weighted by Gasteiger charge is -2.18. The maximum Gasteiger partial charge on any atom is 0.219 e. The average molecular weight is 411 g/mol. The quantitative estimate of drug-likeness (QED) is 0.442. The van der Waals surface area contributed by atoms with E-state index in [9.17, 15) is 0 Å². The van der Waals surface area contributed by atoms with Crippen molar-refractivity contribution in [3.05, 3.63) is 53.0 Å². The first-order chi connectivity index (χ1) is 12.4. The Kier molecular flexibility index (Phi) is 4.15. The van der Waals surface area contributed by atoms with Crippen LogP contribution in [0.5, 0.6) is 11.6 Å². The second-order valence-corrected chi connectivity index (χ2v) is 8.29. The summed E-state index contributed by atoms with van der Waals surface area (Å²) in [4.78, 5) is 4.56. The van der Waals surface area contributed by atoms with Crippen molar-refractivity contribution in [3.8, 4) is 11.6 Å². The summed E-state index contributed by atoms with van der Waals surface area (Å²) < 4.78 is 8.71. The van der Waals surface area contributed by atoms with Crippen molar-refractivity contribution < 1.29 is 4.74 Å². The molecule has 0 saturated heterocycles. The number of rotatable bonds is 3. The van der Waals surface area contributed by atoms with Crippen LogP contribution < -0.4 is 4.74 Å². The van der Waals surface area contributed by atoms with Crippen LogP contribution in [-0.2, 0) is 6.54 Å². The van der Waals surface area contributed by atoms with Gasteiger partial charge in [-0.25, -0.2) is 9.67 Å². The van der Waals surface area contributed by atoms with Gasteiger partial charge in [-0.3, -0.25) is 0 Å². The van der Waals surface area contributed by atoms with E-state index >= 15 is 0 Å². The van der Waals surface area contributed by atoms with Crippen molar-refractivity contribution in [3.63, 3.8) is 0 Å². The molecule has 5 nitrogen and oxygen atoms in total. The van der Waals surface area contributed by atoms with E-state index in [0.29, 0.717) is 11.6 Å². The summed E-state index contributed by atoms with van der Waals surface area (Å²) in [5.41, 5.74) is 2.79. The Morgan fingerprint density at radius 3 is 2.65 bits per heavy atom. The van der Waals surface area contributed by atoms with Gasteiger partial charge in [0.05, 0.1) is 15.5 Å². The molecule has 0 spiro atoms. The molecular formula is C20H19BrN4O. The average Bonchev–Trinajstić information content (AvgIpc) is 2.99. The van der Waals surface area contributed by atoms with Gasteiger partial charge in [-0.15, -0.1) is 5.10 Å². The van der Waals surface area contributed by atoms with Crippen molar-refractivity contribution in [2.75, 3.05) is 0 Å². The van der Waals surface area contributed by atoms with Gasteiger partial charge in [0.25, 0.3) is 0 Å². The Bertz CT molecular complexity index is 1100. The molecule has 2 aromatic heterocycles. The lowest BCUT2D eigenvalue weighted by Crippen LogP contribution is -2.16. The van der Waals surface area contributed by atoms with E-state index in [1.54, 1.807) is 0 Å². The third-order valence-electron chi connectivity index (χ3n) is 4.00. The molecule has 2 heterocycles. The van der Waals surface area contributed by atoms with E-state index in [4.69, 9.17) is 4.74 Å². The number of hydrogen-bond donors (Lipinski definition) is 0.